The third-order valence-electron chi connectivity index (χ3n) is 1.28. The summed E-state index contributed by atoms with van der Waals surface area (Å²) in [5.74, 6) is 0.602. The molecule has 1 aromatic heterocycles. The van der Waals surface area contributed by atoms with Crippen molar-refractivity contribution >= 4 is 0 Å². The molecule has 0 aliphatic heterocycles. The van der Waals surface area contributed by atoms with Gasteiger partial charge < -0.3 is 9.15 Å². The molecule has 0 bridgehead atoms. The molecule has 0 amide bonds. The van der Waals surface area contributed by atoms with E-state index in [0.717, 1.165) is 0 Å². The molecule has 0 unspecified atom stereocenters. The molecule has 6 heteroatoms. The van der Waals surface area contributed by atoms with E-state index in [4.69, 9.17) is 14.7 Å². The summed E-state index contributed by atoms with van der Waals surface area (Å²) in [6.07, 6.45) is 1.30. The zero-order valence-electron chi connectivity index (χ0n) is 6.60. The van der Waals surface area contributed by atoms with Crippen molar-refractivity contribution in [3.8, 4) is 0 Å². The number of oxazole rings is 1. The number of methoxy groups -OCH3 is 1. The minimum atomic E-state index is 0.200. The number of aromatic nitrogens is 1. The summed E-state index contributed by atoms with van der Waals surface area (Å²) in [5.41, 5.74) is 8.67. The Hall–Kier alpha value is -1.52. The molecule has 0 spiro atoms. The van der Waals surface area contributed by atoms with Gasteiger partial charge in [0.15, 0.2) is 12.2 Å². The predicted molar refractivity (Wildman–Crippen MR) is 40.1 cm³/mol. The second-order valence-corrected chi connectivity index (χ2v) is 2.04. The van der Waals surface area contributed by atoms with Gasteiger partial charge in [0.25, 0.3) is 0 Å². The molecule has 1 rings (SSSR count). The van der Waals surface area contributed by atoms with Gasteiger partial charge in [-0.3, -0.25) is 0 Å². The van der Waals surface area contributed by atoms with Gasteiger partial charge in [-0.05, 0) is 5.53 Å². The van der Waals surface area contributed by atoms with E-state index in [1.807, 2.05) is 0 Å². The van der Waals surface area contributed by atoms with Crippen LogP contribution in [0.1, 0.15) is 11.5 Å². The second-order valence-electron chi connectivity index (χ2n) is 2.04. The van der Waals surface area contributed by atoms with E-state index in [2.05, 4.69) is 15.0 Å². The Kier molecular flexibility index (Phi) is 3.13. The molecule has 1 heterocycles. The Morgan fingerprint density at radius 1 is 1.83 bits per heavy atom. The van der Waals surface area contributed by atoms with Crippen LogP contribution in [-0.2, 0) is 17.9 Å². The first kappa shape index (κ1) is 8.58. The second kappa shape index (κ2) is 4.38. The topological polar surface area (TPSA) is 84.0 Å². The first-order valence-corrected chi connectivity index (χ1v) is 3.29. The summed E-state index contributed by atoms with van der Waals surface area (Å²) >= 11 is 0. The monoisotopic (exact) mass is 168 g/mol. The average Bonchev–Trinajstić information content (AvgIpc) is 2.50. The average molecular weight is 168 g/mol. The molecule has 1 aromatic rings. The Morgan fingerprint density at radius 2 is 2.67 bits per heavy atom. The van der Waals surface area contributed by atoms with Crippen LogP contribution in [0.4, 0.5) is 0 Å². The number of azide groups is 1. The highest BCUT2D eigenvalue weighted by Gasteiger charge is 2.05. The van der Waals surface area contributed by atoms with Gasteiger partial charge in [-0.2, -0.15) is 0 Å². The van der Waals surface area contributed by atoms with Crippen LogP contribution in [-0.4, -0.2) is 12.1 Å². The lowest BCUT2D eigenvalue weighted by atomic mass is 10.3. The van der Waals surface area contributed by atoms with Crippen LogP contribution in [0.3, 0.4) is 0 Å². The van der Waals surface area contributed by atoms with Crippen LogP contribution in [0.25, 0.3) is 10.4 Å². The number of hydrogen-bond acceptors (Lipinski definition) is 4. The van der Waals surface area contributed by atoms with Crippen molar-refractivity contribution in [1.29, 1.82) is 0 Å². The summed E-state index contributed by atoms with van der Waals surface area (Å²) < 4.78 is 9.82. The zero-order valence-corrected chi connectivity index (χ0v) is 6.60. The normalized spacial score (nSPS) is 9.42. The first-order valence-electron chi connectivity index (χ1n) is 3.29. The highest BCUT2D eigenvalue weighted by Crippen LogP contribution is 2.08. The largest absolute Gasteiger partial charge is 0.446 e. The van der Waals surface area contributed by atoms with Crippen LogP contribution in [0.15, 0.2) is 15.9 Å². The summed E-state index contributed by atoms with van der Waals surface area (Å²) in [5, 5.41) is 3.36. The minimum Gasteiger partial charge on any atom is -0.446 e. The maximum absolute atomic E-state index is 8.05. The zero-order chi connectivity index (χ0) is 8.81. The quantitative estimate of drug-likeness (QED) is 0.389. The fraction of sp³-hybridized carbons (Fsp3) is 0.500. The molecule has 12 heavy (non-hydrogen) atoms. The summed E-state index contributed by atoms with van der Waals surface area (Å²) in [7, 11) is 1.56. The van der Waals surface area contributed by atoms with Gasteiger partial charge in [-0.1, -0.05) is 5.11 Å². The molecule has 0 fully saturated rings. The van der Waals surface area contributed by atoms with Crippen LogP contribution in [0.2, 0.25) is 0 Å². The summed E-state index contributed by atoms with van der Waals surface area (Å²) in [6, 6.07) is 0. The van der Waals surface area contributed by atoms with Gasteiger partial charge in [0.05, 0.1) is 12.2 Å². The number of ether oxygens (including phenoxy) is 1. The molecule has 0 saturated carbocycles. The Bertz CT molecular complexity index is 289. The molecule has 6 nitrogen and oxygen atoms in total. The molecular formula is C6H8N4O2. The number of hydrogen-bond donors (Lipinski definition) is 0. The van der Waals surface area contributed by atoms with Crippen LogP contribution in [0.5, 0.6) is 0 Å². The lowest BCUT2D eigenvalue weighted by Gasteiger charge is -1.94. The predicted octanol–water partition coefficient (Wildman–Crippen LogP) is 1.63. The van der Waals surface area contributed by atoms with Crippen molar-refractivity contribution in [2.75, 3.05) is 7.11 Å². The van der Waals surface area contributed by atoms with Gasteiger partial charge in [0.1, 0.15) is 6.61 Å². The van der Waals surface area contributed by atoms with E-state index in [-0.39, 0.29) is 6.54 Å². The van der Waals surface area contributed by atoms with Crippen molar-refractivity contribution in [2.24, 2.45) is 5.11 Å². The maximum atomic E-state index is 8.05. The number of nitrogens with zero attached hydrogens (tertiary/aromatic N) is 4. The highest BCUT2D eigenvalue weighted by molar-refractivity contribution is 5.05. The molecule has 0 aromatic carbocycles. The van der Waals surface area contributed by atoms with Gasteiger partial charge in [-0.15, -0.1) is 0 Å². The lowest BCUT2D eigenvalue weighted by molar-refractivity contribution is 0.163. The van der Waals surface area contributed by atoms with Gasteiger partial charge >= 0.3 is 0 Å². The third kappa shape index (κ3) is 1.98. The Morgan fingerprint density at radius 3 is 3.33 bits per heavy atom. The van der Waals surface area contributed by atoms with E-state index in [0.29, 0.717) is 18.1 Å². The van der Waals surface area contributed by atoms with E-state index < -0.39 is 0 Å². The first-order chi connectivity index (χ1) is 5.88. The SMILES string of the molecule is COCc1ocnc1CN=[N+]=[N-]. The van der Waals surface area contributed by atoms with E-state index in [1.165, 1.54) is 6.39 Å². The molecule has 64 valence electrons. The molecular weight excluding hydrogens is 160 g/mol. The fourth-order valence-electron chi connectivity index (χ4n) is 0.770. The van der Waals surface area contributed by atoms with E-state index in [9.17, 15) is 0 Å². The van der Waals surface area contributed by atoms with Crippen molar-refractivity contribution < 1.29 is 9.15 Å². The van der Waals surface area contributed by atoms with Gasteiger partial charge in [-0.25, -0.2) is 4.98 Å². The molecule has 0 radical (unpaired) electrons. The van der Waals surface area contributed by atoms with E-state index in [1.54, 1.807) is 7.11 Å². The van der Waals surface area contributed by atoms with Crippen LogP contribution >= 0.6 is 0 Å². The van der Waals surface area contributed by atoms with Crippen molar-refractivity contribution in [1.82, 2.24) is 4.98 Å². The van der Waals surface area contributed by atoms with Crippen LogP contribution < -0.4 is 0 Å². The van der Waals surface area contributed by atoms with Crippen LogP contribution in [0, 0.1) is 0 Å². The summed E-state index contributed by atoms with van der Waals surface area (Å²) in [4.78, 5) is 6.48. The standard InChI is InChI=1S/C6H8N4O2/c1-11-3-6-5(2-9-10-7)8-4-12-6/h4H,2-3H2,1H3. The molecule has 0 N–H and O–H groups in total. The fourth-order valence-corrected chi connectivity index (χ4v) is 0.770. The lowest BCUT2D eigenvalue weighted by Crippen LogP contribution is -1.91. The highest BCUT2D eigenvalue weighted by atomic mass is 16.5. The molecule has 0 aliphatic rings. The molecule has 0 saturated heterocycles. The van der Waals surface area contributed by atoms with Crippen molar-refractivity contribution in [3.05, 3.63) is 28.3 Å². The Labute approximate surface area is 68.8 Å². The molecule has 0 aliphatic carbocycles. The van der Waals surface area contributed by atoms with Crippen molar-refractivity contribution in [3.63, 3.8) is 0 Å². The van der Waals surface area contributed by atoms with E-state index >= 15 is 0 Å². The van der Waals surface area contributed by atoms with Gasteiger partial charge in [0, 0.05) is 12.0 Å². The Balaban J connectivity index is 2.69. The number of rotatable bonds is 4. The van der Waals surface area contributed by atoms with Gasteiger partial charge in [0.2, 0.25) is 0 Å². The van der Waals surface area contributed by atoms with Crippen molar-refractivity contribution in [2.45, 2.75) is 13.2 Å². The minimum absolute atomic E-state index is 0.200. The molecule has 0 atom stereocenters. The maximum Gasteiger partial charge on any atom is 0.181 e. The smallest absolute Gasteiger partial charge is 0.181 e. The summed E-state index contributed by atoms with van der Waals surface area (Å²) in [6.45, 7) is 0.544. The third-order valence-corrected chi connectivity index (χ3v) is 1.28.